The van der Waals surface area contributed by atoms with Crippen LogP contribution >= 0.6 is 0 Å². The van der Waals surface area contributed by atoms with Crippen LogP contribution in [-0.4, -0.2) is 47.8 Å². The number of aliphatic hydroxyl groups is 2. The molecule has 0 aromatic heterocycles. The third-order valence-corrected chi connectivity index (χ3v) is 3.18. The molecule has 0 aliphatic carbocycles. The summed E-state index contributed by atoms with van der Waals surface area (Å²) in [5, 5.41) is 19.4. The summed E-state index contributed by atoms with van der Waals surface area (Å²) < 4.78 is 9.09. The van der Waals surface area contributed by atoms with E-state index in [9.17, 15) is 24.6 Å². The van der Waals surface area contributed by atoms with E-state index in [0.717, 1.165) is 7.11 Å². The largest absolute Gasteiger partial charge is 0.467 e. The molecule has 1 aromatic carbocycles. The number of hydrogen-bond acceptors (Lipinski definition) is 7. The van der Waals surface area contributed by atoms with Gasteiger partial charge in [-0.2, -0.15) is 0 Å². The van der Waals surface area contributed by atoms with Crippen molar-refractivity contribution >= 4 is 17.7 Å². The average molecular weight is 324 g/mol. The van der Waals surface area contributed by atoms with Gasteiger partial charge in [-0.25, -0.2) is 4.79 Å². The number of hydrogen-bond donors (Lipinski definition) is 2. The van der Waals surface area contributed by atoms with Gasteiger partial charge in [-0.1, -0.05) is 24.3 Å². The van der Waals surface area contributed by atoms with E-state index in [4.69, 9.17) is 4.74 Å². The first kappa shape index (κ1) is 18.8. The fourth-order valence-corrected chi connectivity index (χ4v) is 1.89. The monoisotopic (exact) mass is 324 g/mol. The molecule has 0 saturated carbocycles. The van der Waals surface area contributed by atoms with E-state index in [-0.39, 0.29) is 30.8 Å². The molecular formula is C16H20O7. The van der Waals surface area contributed by atoms with Crippen molar-refractivity contribution in [3.63, 3.8) is 0 Å². The fraction of sp³-hybridized carbons (Fsp3) is 0.438. The predicted molar refractivity (Wildman–Crippen MR) is 79.6 cm³/mol. The van der Waals surface area contributed by atoms with Crippen LogP contribution in [0.2, 0.25) is 0 Å². The minimum absolute atomic E-state index is 0.00188. The molecule has 0 fully saturated rings. The maximum absolute atomic E-state index is 11.9. The minimum atomic E-state index is -1.70. The molecule has 2 N–H and O–H groups in total. The third kappa shape index (κ3) is 5.46. The van der Waals surface area contributed by atoms with Crippen LogP contribution in [0.1, 0.15) is 41.8 Å². The normalized spacial score (nSPS) is 13.0. The van der Waals surface area contributed by atoms with Crippen LogP contribution < -0.4 is 0 Å². The molecule has 0 saturated heterocycles. The number of methoxy groups -OCH3 is 1. The molecule has 1 aromatic rings. The topological polar surface area (TPSA) is 110 Å². The van der Waals surface area contributed by atoms with E-state index in [1.807, 2.05) is 0 Å². The van der Waals surface area contributed by atoms with Crippen LogP contribution in [0, 0.1) is 0 Å². The van der Waals surface area contributed by atoms with Gasteiger partial charge in [-0.15, -0.1) is 0 Å². The third-order valence-electron chi connectivity index (χ3n) is 3.18. The summed E-state index contributed by atoms with van der Waals surface area (Å²) in [5.41, 5.74) is 0.627. The molecular weight excluding hydrogens is 304 g/mol. The molecule has 2 unspecified atom stereocenters. The van der Waals surface area contributed by atoms with Gasteiger partial charge in [0, 0.05) is 12.0 Å². The number of ketones is 1. The summed E-state index contributed by atoms with van der Waals surface area (Å²) in [7, 11) is 1.10. The van der Waals surface area contributed by atoms with Gasteiger partial charge in [0.15, 0.2) is 11.9 Å². The Bertz CT molecular complexity index is 550. The van der Waals surface area contributed by atoms with Gasteiger partial charge >= 0.3 is 11.9 Å². The first-order valence-corrected chi connectivity index (χ1v) is 7.13. The zero-order chi connectivity index (χ0) is 17.4. The lowest BCUT2D eigenvalue weighted by atomic mass is 10.00. The smallest absolute Gasteiger partial charge is 0.337 e. The molecule has 0 aliphatic heterocycles. The van der Waals surface area contributed by atoms with Crippen LogP contribution in [0.15, 0.2) is 24.3 Å². The van der Waals surface area contributed by atoms with Crippen molar-refractivity contribution in [1.82, 2.24) is 0 Å². The van der Waals surface area contributed by atoms with Crippen molar-refractivity contribution in [2.45, 2.75) is 32.0 Å². The molecule has 0 amide bonds. The van der Waals surface area contributed by atoms with Crippen LogP contribution in [-0.2, 0) is 19.1 Å². The van der Waals surface area contributed by atoms with Crippen LogP contribution in [0.4, 0.5) is 0 Å². The van der Waals surface area contributed by atoms with Crippen LogP contribution in [0.5, 0.6) is 0 Å². The predicted octanol–water partition coefficient (Wildman–Crippen LogP) is 0.780. The number of carbonyl (C=O) groups is 3. The highest BCUT2D eigenvalue weighted by Gasteiger charge is 2.26. The Balaban J connectivity index is 2.67. The second-order valence-corrected chi connectivity index (χ2v) is 4.76. The van der Waals surface area contributed by atoms with Gasteiger partial charge in [0.05, 0.1) is 20.1 Å². The first-order chi connectivity index (χ1) is 10.9. The molecule has 2 atom stereocenters. The molecule has 0 radical (unpaired) electrons. The van der Waals surface area contributed by atoms with Crippen LogP contribution in [0.3, 0.4) is 0 Å². The molecule has 0 aliphatic rings. The van der Waals surface area contributed by atoms with Gasteiger partial charge in [0.2, 0.25) is 0 Å². The number of ether oxygens (including phenoxy) is 2. The van der Waals surface area contributed by atoms with Crippen LogP contribution in [0.25, 0.3) is 0 Å². The van der Waals surface area contributed by atoms with Crippen molar-refractivity contribution in [3.05, 3.63) is 35.4 Å². The summed E-state index contributed by atoms with van der Waals surface area (Å²) in [6.45, 7) is 1.95. The van der Waals surface area contributed by atoms with Crippen molar-refractivity contribution in [2.75, 3.05) is 13.7 Å². The average Bonchev–Trinajstić information content (AvgIpc) is 2.58. The standard InChI is InChI=1S/C16H20O7/c1-3-23-13(18)9-8-12(17)10-4-6-11(7-5-10)14(19)15(20)16(21)22-2/h4-7,14-15,19-20H,3,8-9H2,1-2H3. The number of carbonyl (C=O) groups excluding carboxylic acids is 3. The minimum Gasteiger partial charge on any atom is -0.467 e. The SMILES string of the molecule is CCOC(=O)CCC(=O)c1ccc(C(O)C(O)C(=O)OC)cc1. The highest BCUT2D eigenvalue weighted by atomic mass is 16.5. The molecule has 126 valence electrons. The number of rotatable bonds is 8. The fourth-order valence-electron chi connectivity index (χ4n) is 1.89. The Labute approximate surface area is 133 Å². The van der Waals surface area contributed by atoms with Crippen molar-refractivity contribution < 1.29 is 34.1 Å². The summed E-state index contributed by atoms with van der Waals surface area (Å²) in [6, 6.07) is 5.76. The molecule has 0 heterocycles. The van der Waals surface area contributed by atoms with Crippen molar-refractivity contribution in [1.29, 1.82) is 0 Å². The second-order valence-electron chi connectivity index (χ2n) is 4.76. The Morgan fingerprint density at radius 2 is 1.70 bits per heavy atom. The molecule has 1 rings (SSSR count). The number of aliphatic hydroxyl groups excluding tert-OH is 2. The molecule has 7 nitrogen and oxygen atoms in total. The first-order valence-electron chi connectivity index (χ1n) is 7.13. The van der Waals surface area contributed by atoms with Crippen molar-refractivity contribution in [2.24, 2.45) is 0 Å². The van der Waals surface area contributed by atoms with Gasteiger partial charge in [0.1, 0.15) is 6.10 Å². The second kappa shape index (κ2) is 9.02. The van der Waals surface area contributed by atoms with Gasteiger partial charge in [-0.3, -0.25) is 9.59 Å². The Kier molecular flexibility index (Phi) is 7.37. The molecule has 0 bridgehead atoms. The highest BCUT2D eigenvalue weighted by Crippen LogP contribution is 2.19. The Hall–Kier alpha value is -2.25. The summed E-state index contributed by atoms with van der Waals surface area (Å²) in [6.07, 6.45) is -3.14. The number of Topliss-reactive ketones (excluding diaryl/α,β-unsaturated/α-hetero) is 1. The van der Waals surface area contributed by atoms with Gasteiger partial charge in [-0.05, 0) is 12.5 Å². The summed E-state index contributed by atoms with van der Waals surface area (Å²) in [4.78, 5) is 34.3. The van der Waals surface area contributed by atoms with E-state index in [1.165, 1.54) is 24.3 Å². The summed E-state index contributed by atoms with van der Waals surface area (Å²) >= 11 is 0. The van der Waals surface area contributed by atoms with E-state index in [2.05, 4.69) is 4.74 Å². The lowest BCUT2D eigenvalue weighted by molar-refractivity contribution is -0.156. The Morgan fingerprint density at radius 3 is 2.22 bits per heavy atom. The zero-order valence-electron chi connectivity index (χ0n) is 13.0. The number of benzene rings is 1. The van der Waals surface area contributed by atoms with E-state index >= 15 is 0 Å². The lowest BCUT2D eigenvalue weighted by Gasteiger charge is -2.16. The zero-order valence-corrected chi connectivity index (χ0v) is 13.0. The van der Waals surface area contributed by atoms with Gasteiger partial charge < -0.3 is 19.7 Å². The molecule has 7 heteroatoms. The van der Waals surface area contributed by atoms with E-state index < -0.39 is 24.1 Å². The van der Waals surface area contributed by atoms with Crippen molar-refractivity contribution in [3.8, 4) is 0 Å². The van der Waals surface area contributed by atoms with E-state index in [0.29, 0.717) is 5.56 Å². The maximum atomic E-state index is 11.9. The maximum Gasteiger partial charge on any atom is 0.337 e. The lowest BCUT2D eigenvalue weighted by Crippen LogP contribution is -2.29. The molecule has 23 heavy (non-hydrogen) atoms. The van der Waals surface area contributed by atoms with E-state index in [1.54, 1.807) is 6.92 Å². The Morgan fingerprint density at radius 1 is 1.09 bits per heavy atom. The summed E-state index contributed by atoms with van der Waals surface area (Å²) in [5.74, 6) is -1.63. The quantitative estimate of drug-likeness (QED) is 0.537. The van der Waals surface area contributed by atoms with Gasteiger partial charge in [0.25, 0.3) is 0 Å². The highest BCUT2D eigenvalue weighted by molar-refractivity contribution is 5.97. The number of esters is 2. The molecule has 0 spiro atoms.